The first-order valence-electron chi connectivity index (χ1n) is 10.2. The van der Waals surface area contributed by atoms with E-state index in [1.165, 1.54) is 6.42 Å². The molecule has 0 radical (unpaired) electrons. The first-order chi connectivity index (χ1) is 12.3. The summed E-state index contributed by atoms with van der Waals surface area (Å²) in [6.07, 6.45) is 8.58. The lowest BCUT2D eigenvalue weighted by Gasteiger charge is -2.53. The molecule has 26 heavy (non-hydrogen) atoms. The zero-order chi connectivity index (χ0) is 18.9. The monoisotopic (exact) mass is 354 g/mol. The third-order valence-corrected chi connectivity index (χ3v) is 6.85. The van der Waals surface area contributed by atoms with E-state index in [0.717, 1.165) is 37.0 Å². The Morgan fingerprint density at radius 2 is 2.00 bits per heavy atom. The number of hydrogen-bond acceptors (Lipinski definition) is 2. The van der Waals surface area contributed by atoms with Crippen LogP contribution in [0.2, 0.25) is 0 Å². The number of nitrogens with zero attached hydrogens (tertiary/aromatic N) is 1. The molecule has 3 rings (SSSR count). The Balaban J connectivity index is 1.75. The number of rotatable bonds is 4. The Labute approximate surface area is 158 Å². The van der Waals surface area contributed by atoms with Gasteiger partial charge in [0.2, 0.25) is 0 Å². The Bertz CT molecular complexity index is 664. The van der Waals surface area contributed by atoms with Crippen LogP contribution in [0, 0.1) is 29.1 Å². The minimum atomic E-state index is -0.0453. The molecule has 1 aromatic rings. The molecular formula is C23H34N2O. The van der Waals surface area contributed by atoms with Crippen LogP contribution in [0.1, 0.15) is 70.8 Å². The molecule has 0 aromatic carbocycles. The molecule has 0 aliphatic heterocycles. The van der Waals surface area contributed by atoms with E-state index in [1.54, 1.807) is 17.8 Å². The van der Waals surface area contributed by atoms with Crippen molar-refractivity contribution in [2.75, 3.05) is 0 Å². The molecule has 0 spiro atoms. The van der Waals surface area contributed by atoms with Crippen molar-refractivity contribution in [1.29, 1.82) is 0 Å². The molecule has 1 fully saturated rings. The Morgan fingerprint density at radius 3 is 2.62 bits per heavy atom. The van der Waals surface area contributed by atoms with Crippen molar-refractivity contribution in [2.24, 2.45) is 29.1 Å². The summed E-state index contributed by atoms with van der Waals surface area (Å²) in [5.74, 6) is 2.86. The molecule has 2 unspecified atom stereocenters. The van der Waals surface area contributed by atoms with Gasteiger partial charge in [0.05, 0.1) is 0 Å². The van der Waals surface area contributed by atoms with Crippen molar-refractivity contribution in [3.8, 4) is 0 Å². The molecule has 1 aromatic heterocycles. The van der Waals surface area contributed by atoms with Crippen LogP contribution in [0.3, 0.4) is 0 Å². The number of carbonyl (C=O) groups excluding carboxylic acids is 1. The van der Waals surface area contributed by atoms with E-state index in [2.05, 4.69) is 51.0 Å². The number of fused-ring (bicyclic) bond motifs is 1. The summed E-state index contributed by atoms with van der Waals surface area (Å²) in [5.41, 5.74) is 2.37. The summed E-state index contributed by atoms with van der Waals surface area (Å²) >= 11 is 0. The fourth-order valence-corrected chi connectivity index (χ4v) is 5.63. The summed E-state index contributed by atoms with van der Waals surface area (Å²) in [6.45, 7) is 12.0. The van der Waals surface area contributed by atoms with Crippen LogP contribution in [-0.2, 0) is 0 Å². The van der Waals surface area contributed by atoms with Crippen molar-refractivity contribution in [2.45, 2.75) is 66.3 Å². The molecule has 3 nitrogen and oxygen atoms in total. The Kier molecular flexibility index (Phi) is 5.55. The average Bonchev–Trinajstić information content (AvgIpc) is 2.61. The van der Waals surface area contributed by atoms with Gasteiger partial charge < -0.3 is 5.32 Å². The van der Waals surface area contributed by atoms with E-state index in [4.69, 9.17) is 0 Å². The number of carbonyl (C=O) groups is 1. The maximum Gasteiger partial charge on any atom is 0.270 e. The van der Waals surface area contributed by atoms with E-state index in [0.29, 0.717) is 11.6 Å². The molecule has 1 saturated carbocycles. The molecule has 0 saturated heterocycles. The zero-order valence-electron chi connectivity index (χ0n) is 17.0. The third-order valence-electron chi connectivity index (χ3n) is 6.85. The van der Waals surface area contributed by atoms with Crippen molar-refractivity contribution in [3.05, 3.63) is 41.7 Å². The van der Waals surface area contributed by atoms with Gasteiger partial charge in [0, 0.05) is 12.2 Å². The van der Waals surface area contributed by atoms with E-state index in [-0.39, 0.29) is 17.4 Å². The standard InChI is InChI=1S/C23H34N2O/c1-15(2)19-10-9-17-14-18(11-12-23(17,5)21(19)16(3)4)25-22(26)20-8-6-7-13-24-20/h6-9,13,15-16,18-19,21H,10-12,14H2,1-5H3,(H,25,26)/t18-,19?,21?,23-/m0/s1. The van der Waals surface area contributed by atoms with Gasteiger partial charge in [0.1, 0.15) is 5.69 Å². The van der Waals surface area contributed by atoms with E-state index in [9.17, 15) is 4.79 Å². The quantitative estimate of drug-likeness (QED) is 0.751. The van der Waals surface area contributed by atoms with Gasteiger partial charge >= 0.3 is 0 Å². The molecule has 0 bridgehead atoms. The van der Waals surface area contributed by atoms with Gasteiger partial charge in [0.15, 0.2) is 0 Å². The Hall–Kier alpha value is -1.64. The predicted octanol–water partition coefficient (Wildman–Crippen LogP) is 5.24. The van der Waals surface area contributed by atoms with Crippen LogP contribution in [0.15, 0.2) is 36.0 Å². The van der Waals surface area contributed by atoms with Gasteiger partial charge in [-0.1, -0.05) is 52.3 Å². The predicted molar refractivity (Wildman–Crippen MR) is 107 cm³/mol. The van der Waals surface area contributed by atoms with Gasteiger partial charge in [-0.25, -0.2) is 0 Å². The van der Waals surface area contributed by atoms with Crippen molar-refractivity contribution in [3.63, 3.8) is 0 Å². The number of allylic oxidation sites excluding steroid dienone is 1. The van der Waals surface area contributed by atoms with Crippen molar-refractivity contribution >= 4 is 5.91 Å². The third kappa shape index (κ3) is 3.58. The highest BCUT2D eigenvalue weighted by molar-refractivity contribution is 5.92. The molecule has 4 atom stereocenters. The highest BCUT2D eigenvalue weighted by Gasteiger charge is 2.48. The molecule has 1 amide bonds. The topological polar surface area (TPSA) is 42.0 Å². The van der Waals surface area contributed by atoms with Crippen LogP contribution < -0.4 is 5.32 Å². The smallest absolute Gasteiger partial charge is 0.270 e. The number of aromatic nitrogens is 1. The van der Waals surface area contributed by atoms with E-state index < -0.39 is 0 Å². The highest BCUT2D eigenvalue weighted by atomic mass is 16.1. The molecule has 2 aliphatic carbocycles. The molecule has 1 N–H and O–H groups in total. The van der Waals surface area contributed by atoms with Crippen LogP contribution in [-0.4, -0.2) is 16.9 Å². The molecule has 1 heterocycles. The van der Waals surface area contributed by atoms with Gasteiger partial charge in [-0.2, -0.15) is 0 Å². The van der Waals surface area contributed by atoms with Crippen molar-refractivity contribution in [1.82, 2.24) is 10.3 Å². The summed E-state index contributed by atoms with van der Waals surface area (Å²) in [7, 11) is 0. The van der Waals surface area contributed by atoms with Gasteiger partial charge in [0.25, 0.3) is 5.91 Å². The SMILES string of the molecule is CC(C)C1CC=C2C[C@@H](NC(=O)c3ccccn3)CC[C@]2(C)C1C(C)C. The summed E-state index contributed by atoms with van der Waals surface area (Å²) in [4.78, 5) is 16.7. The maximum atomic E-state index is 12.5. The van der Waals surface area contributed by atoms with Crippen LogP contribution in [0.25, 0.3) is 0 Å². The second kappa shape index (κ2) is 7.54. The van der Waals surface area contributed by atoms with E-state index in [1.807, 2.05) is 12.1 Å². The molecule has 2 aliphatic rings. The highest BCUT2D eigenvalue weighted by Crippen LogP contribution is 2.56. The van der Waals surface area contributed by atoms with Gasteiger partial charge in [-0.05, 0) is 66.9 Å². The van der Waals surface area contributed by atoms with E-state index >= 15 is 0 Å². The van der Waals surface area contributed by atoms with Gasteiger partial charge in [-0.3, -0.25) is 9.78 Å². The molecule has 3 heteroatoms. The lowest BCUT2D eigenvalue weighted by atomic mass is 9.52. The second-order valence-corrected chi connectivity index (χ2v) is 9.19. The summed E-state index contributed by atoms with van der Waals surface area (Å²) in [6, 6.07) is 5.71. The first-order valence-corrected chi connectivity index (χ1v) is 10.2. The normalized spacial score (nSPS) is 31.5. The number of nitrogens with one attached hydrogen (secondary N) is 1. The number of amides is 1. The van der Waals surface area contributed by atoms with Crippen LogP contribution in [0.5, 0.6) is 0 Å². The zero-order valence-corrected chi connectivity index (χ0v) is 17.0. The second-order valence-electron chi connectivity index (χ2n) is 9.19. The summed E-state index contributed by atoms with van der Waals surface area (Å²) < 4.78 is 0. The average molecular weight is 355 g/mol. The van der Waals surface area contributed by atoms with Crippen LogP contribution >= 0.6 is 0 Å². The summed E-state index contributed by atoms with van der Waals surface area (Å²) in [5, 5.41) is 3.22. The number of hydrogen-bond donors (Lipinski definition) is 1. The minimum Gasteiger partial charge on any atom is -0.348 e. The van der Waals surface area contributed by atoms with Crippen molar-refractivity contribution < 1.29 is 4.79 Å². The molecular weight excluding hydrogens is 320 g/mol. The minimum absolute atomic E-state index is 0.0453. The Morgan fingerprint density at radius 1 is 1.23 bits per heavy atom. The molecule has 142 valence electrons. The fourth-order valence-electron chi connectivity index (χ4n) is 5.63. The van der Waals surface area contributed by atoms with Gasteiger partial charge in [-0.15, -0.1) is 0 Å². The fraction of sp³-hybridized carbons (Fsp3) is 0.652. The first kappa shape index (κ1) is 19.1. The van der Waals surface area contributed by atoms with Crippen LogP contribution in [0.4, 0.5) is 0 Å². The largest absolute Gasteiger partial charge is 0.348 e. The lowest BCUT2D eigenvalue weighted by Crippen LogP contribution is -2.48. The lowest BCUT2D eigenvalue weighted by molar-refractivity contribution is 0.0387. The number of pyridine rings is 1. The maximum absolute atomic E-state index is 12.5.